The van der Waals surface area contributed by atoms with Crippen LogP contribution in [0.3, 0.4) is 0 Å². The van der Waals surface area contributed by atoms with Crippen LogP contribution in [-0.2, 0) is 19.3 Å². The van der Waals surface area contributed by atoms with Crippen LogP contribution in [0.4, 0.5) is 22.0 Å². The largest absolute Gasteiger partial charge is 0.417 e. The van der Waals surface area contributed by atoms with Crippen LogP contribution in [0, 0.1) is 11.6 Å². The number of rotatable bonds is 4. The first-order valence-corrected chi connectivity index (χ1v) is 11.1. The number of aromatic amines is 1. The topological polar surface area (TPSA) is 57.2 Å². The van der Waals surface area contributed by atoms with Gasteiger partial charge in [-0.3, -0.25) is 9.99 Å². The van der Waals surface area contributed by atoms with E-state index in [9.17, 15) is 22.0 Å². The van der Waals surface area contributed by atoms with Gasteiger partial charge in [-0.05, 0) is 35.9 Å². The van der Waals surface area contributed by atoms with E-state index >= 15 is 0 Å². The highest BCUT2D eigenvalue weighted by atomic mass is 79.9. The molecule has 5 nitrogen and oxygen atoms in total. The molecule has 1 N–H and O–H groups in total. The van der Waals surface area contributed by atoms with E-state index < -0.39 is 23.4 Å². The molecule has 3 heterocycles. The van der Waals surface area contributed by atoms with Crippen LogP contribution in [0.15, 0.2) is 64.3 Å². The quantitative estimate of drug-likeness (QED) is 0.295. The summed E-state index contributed by atoms with van der Waals surface area (Å²) in [5, 5.41) is 6.07. The zero-order valence-corrected chi connectivity index (χ0v) is 19.3. The molecule has 4 aromatic rings. The van der Waals surface area contributed by atoms with Gasteiger partial charge >= 0.3 is 6.18 Å². The summed E-state index contributed by atoms with van der Waals surface area (Å²) in [5.41, 5.74) is 2.03. The minimum absolute atomic E-state index is 0.0285. The van der Waals surface area contributed by atoms with Crippen LogP contribution in [0.2, 0.25) is 0 Å². The molecular weight excluding hydrogens is 533 g/mol. The standard InChI is InChI=1S/C24H15BrF5N5/c25-17-6-5-14(8-16(17)24(28,29)30)19-7-4-13(9-31-19)11-35-12-21-20(10-32-35)33-23(34-21)15-2-1-3-18(26)22(15)27/h1-10H,11-12H2,(H,33,34). The summed E-state index contributed by atoms with van der Waals surface area (Å²) in [6.45, 7) is 0.691. The van der Waals surface area contributed by atoms with Crippen LogP contribution in [0.25, 0.3) is 22.6 Å². The molecule has 11 heteroatoms. The maximum Gasteiger partial charge on any atom is 0.417 e. The molecular formula is C24H15BrF5N5. The third-order valence-electron chi connectivity index (χ3n) is 5.46. The van der Waals surface area contributed by atoms with Gasteiger partial charge in [-0.15, -0.1) is 0 Å². The van der Waals surface area contributed by atoms with E-state index in [1.165, 1.54) is 18.2 Å². The summed E-state index contributed by atoms with van der Waals surface area (Å²) in [5.74, 6) is -1.73. The number of alkyl halides is 3. The summed E-state index contributed by atoms with van der Waals surface area (Å²) >= 11 is 2.94. The van der Waals surface area contributed by atoms with E-state index in [1.807, 2.05) is 0 Å². The minimum atomic E-state index is -4.48. The summed E-state index contributed by atoms with van der Waals surface area (Å²) in [6.07, 6.45) is -1.35. The fourth-order valence-corrected chi connectivity index (χ4v) is 4.19. The summed E-state index contributed by atoms with van der Waals surface area (Å²) < 4.78 is 67.3. The molecule has 0 atom stereocenters. The fourth-order valence-electron chi connectivity index (χ4n) is 3.72. The number of nitrogens with zero attached hydrogens (tertiary/aromatic N) is 4. The Hall–Kier alpha value is -3.60. The molecule has 2 aromatic heterocycles. The molecule has 0 bridgehead atoms. The molecule has 0 saturated carbocycles. The highest BCUT2D eigenvalue weighted by molar-refractivity contribution is 9.10. The van der Waals surface area contributed by atoms with Crippen LogP contribution in [0.5, 0.6) is 0 Å². The number of nitrogens with one attached hydrogen (secondary N) is 1. The molecule has 178 valence electrons. The Morgan fingerprint density at radius 2 is 1.89 bits per heavy atom. The smallest absolute Gasteiger partial charge is 0.337 e. The average Bonchev–Trinajstić information content (AvgIpc) is 3.24. The van der Waals surface area contributed by atoms with E-state index in [2.05, 4.69) is 36.0 Å². The number of imidazole rings is 1. The molecule has 0 spiro atoms. The first-order chi connectivity index (χ1) is 16.7. The molecule has 0 aliphatic carbocycles. The molecule has 2 aromatic carbocycles. The lowest BCUT2D eigenvalue weighted by Gasteiger charge is -2.21. The highest BCUT2D eigenvalue weighted by Crippen LogP contribution is 2.37. The van der Waals surface area contributed by atoms with Crippen molar-refractivity contribution >= 4 is 22.1 Å². The number of pyridine rings is 1. The Balaban J connectivity index is 1.31. The number of hydrogen-bond acceptors (Lipinski definition) is 4. The lowest BCUT2D eigenvalue weighted by atomic mass is 10.1. The SMILES string of the molecule is Fc1cccc(-c2nc3c([nH]2)C=NN(Cc2ccc(-c4ccc(Br)c(C(F)(F)F)c4)nc2)C3)c1F. The van der Waals surface area contributed by atoms with Crippen molar-refractivity contribution in [1.82, 2.24) is 20.0 Å². The Morgan fingerprint density at radius 1 is 1.06 bits per heavy atom. The number of aromatic nitrogens is 3. The molecule has 0 radical (unpaired) electrons. The van der Waals surface area contributed by atoms with Crippen LogP contribution in [-0.4, -0.2) is 26.2 Å². The van der Waals surface area contributed by atoms with Crippen molar-refractivity contribution in [2.45, 2.75) is 19.3 Å². The van der Waals surface area contributed by atoms with E-state index in [1.54, 1.807) is 35.6 Å². The first kappa shape index (κ1) is 23.2. The Bertz CT molecular complexity index is 1430. The number of hydrogen-bond donors (Lipinski definition) is 1. The predicted molar refractivity (Wildman–Crippen MR) is 123 cm³/mol. The summed E-state index contributed by atoms with van der Waals surface area (Å²) in [4.78, 5) is 11.7. The van der Waals surface area contributed by atoms with Gasteiger partial charge in [-0.1, -0.05) is 34.1 Å². The molecule has 0 unspecified atom stereocenters. The Labute approximate surface area is 204 Å². The molecule has 1 aliphatic rings. The normalized spacial score (nSPS) is 13.3. The van der Waals surface area contributed by atoms with Crippen molar-refractivity contribution in [3.8, 4) is 22.6 Å². The summed E-state index contributed by atoms with van der Waals surface area (Å²) in [6, 6.07) is 11.3. The zero-order chi connectivity index (χ0) is 24.7. The van der Waals surface area contributed by atoms with Crippen molar-refractivity contribution in [1.29, 1.82) is 0 Å². The van der Waals surface area contributed by atoms with Gasteiger partial charge in [-0.2, -0.15) is 18.3 Å². The third-order valence-corrected chi connectivity index (χ3v) is 6.15. The lowest BCUT2D eigenvalue weighted by Crippen LogP contribution is -2.21. The minimum Gasteiger partial charge on any atom is -0.337 e. The molecule has 0 fully saturated rings. The van der Waals surface area contributed by atoms with Crippen LogP contribution in [0.1, 0.15) is 22.5 Å². The van der Waals surface area contributed by atoms with Crippen molar-refractivity contribution in [2.24, 2.45) is 5.10 Å². The molecule has 5 rings (SSSR count). The number of H-pyrrole nitrogens is 1. The Kier molecular flexibility index (Phi) is 5.87. The van der Waals surface area contributed by atoms with Crippen LogP contribution < -0.4 is 0 Å². The van der Waals surface area contributed by atoms with Gasteiger partial charge in [0, 0.05) is 16.2 Å². The number of hydrazone groups is 1. The fraction of sp³-hybridized carbons (Fsp3) is 0.125. The second-order valence-electron chi connectivity index (χ2n) is 7.86. The maximum absolute atomic E-state index is 14.1. The first-order valence-electron chi connectivity index (χ1n) is 10.3. The van der Waals surface area contributed by atoms with Gasteiger partial charge in [0.15, 0.2) is 11.6 Å². The second-order valence-corrected chi connectivity index (χ2v) is 8.71. The molecule has 0 saturated heterocycles. The number of benzene rings is 2. The van der Waals surface area contributed by atoms with Crippen molar-refractivity contribution in [3.63, 3.8) is 0 Å². The van der Waals surface area contributed by atoms with E-state index in [0.717, 1.165) is 17.7 Å². The average molecular weight is 548 g/mol. The molecule has 35 heavy (non-hydrogen) atoms. The lowest BCUT2D eigenvalue weighted by molar-refractivity contribution is -0.138. The summed E-state index contributed by atoms with van der Waals surface area (Å²) in [7, 11) is 0. The molecule has 1 aliphatic heterocycles. The van der Waals surface area contributed by atoms with Gasteiger partial charge in [-0.25, -0.2) is 13.8 Å². The van der Waals surface area contributed by atoms with Crippen molar-refractivity contribution in [2.75, 3.05) is 0 Å². The van der Waals surface area contributed by atoms with E-state index in [0.29, 0.717) is 35.7 Å². The van der Waals surface area contributed by atoms with E-state index in [4.69, 9.17) is 0 Å². The van der Waals surface area contributed by atoms with Crippen molar-refractivity contribution < 1.29 is 22.0 Å². The van der Waals surface area contributed by atoms with Gasteiger partial charge in [0.1, 0.15) is 5.82 Å². The van der Waals surface area contributed by atoms with Crippen LogP contribution >= 0.6 is 15.9 Å². The van der Waals surface area contributed by atoms with Gasteiger partial charge in [0.2, 0.25) is 0 Å². The van der Waals surface area contributed by atoms with E-state index in [-0.39, 0.29) is 15.9 Å². The highest BCUT2D eigenvalue weighted by Gasteiger charge is 2.33. The molecule has 0 amide bonds. The second kappa shape index (κ2) is 8.88. The monoisotopic (exact) mass is 547 g/mol. The van der Waals surface area contributed by atoms with Crippen molar-refractivity contribution in [3.05, 3.63) is 93.3 Å². The predicted octanol–water partition coefficient (Wildman–Crippen LogP) is 6.55. The maximum atomic E-state index is 14.1. The number of fused-ring (bicyclic) bond motifs is 1. The van der Waals surface area contributed by atoms with Gasteiger partial charge in [0.05, 0.1) is 47.5 Å². The Morgan fingerprint density at radius 3 is 2.63 bits per heavy atom. The third kappa shape index (κ3) is 4.68. The van der Waals surface area contributed by atoms with Gasteiger partial charge in [0.25, 0.3) is 0 Å². The zero-order valence-electron chi connectivity index (χ0n) is 17.7. The van der Waals surface area contributed by atoms with Gasteiger partial charge < -0.3 is 4.98 Å². The number of halogens is 6.